The molecule has 3 N–H and O–H groups in total. The van der Waals surface area contributed by atoms with Gasteiger partial charge in [-0.1, -0.05) is 320 Å². The molecule has 6 nitrogen and oxygen atoms in total. The number of hydrogen-bond donors (Lipinski definition) is 3. The van der Waals surface area contributed by atoms with E-state index in [1.165, 1.54) is 283 Å². The van der Waals surface area contributed by atoms with Crippen molar-refractivity contribution in [3.63, 3.8) is 0 Å². The third-order valence-corrected chi connectivity index (χ3v) is 15.7. The van der Waals surface area contributed by atoms with Crippen molar-refractivity contribution < 1.29 is 24.5 Å². The number of nitrogens with one attached hydrogen (secondary N) is 1. The summed E-state index contributed by atoms with van der Waals surface area (Å²) in [6, 6.07) is 0. The number of aliphatic hydroxyl groups is 2. The van der Waals surface area contributed by atoms with Crippen LogP contribution < -0.4 is 5.32 Å². The van der Waals surface area contributed by atoms with E-state index in [1.807, 2.05) is 12.2 Å². The van der Waals surface area contributed by atoms with E-state index >= 15 is 0 Å². The number of carbonyl (C=O) groups excluding carboxylic acids is 2. The largest absolute Gasteiger partial charge is 0.466 e. The van der Waals surface area contributed by atoms with Crippen molar-refractivity contribution in [2.75, 3.05) is 19.8 Å². The lowest BCUT2D eigenvalue weighted by molar-refractivity contribution is -0.143. The highest BCUT2D eigenvalue weighted by molar-refractivity contribution is 5.75. The third kappa shape index (κ3) is 61.2. The predicted molar refractivity (Wildman–Crippen MR) is 329 cm³/mol. The molecule has 0 aliphatic rings. The van der Waals surface area contributed by atoms with E-state index in [0.29, 0.717) is 26.0 Å². The molecule has 0 bridgehead atoms. The van der Waals surface area contributed by atoms with Crippen molar-refractivity contribution in [1.29, 1.82) is 0 Å². The Bertz CT molecular complexity index is 1210. The van der Waals surface area contributed by atoms with Crippen LogP contribution >= 0.6 is 0 Å². The molecule has 2 unspecified atom stereocenters. The summed E-state index contributed by atoms with van der Waals surface area (Å²) in [7, 11) is 0. The smallest absolute Gasteiger partial charge is 0.305 e. The number of allylic oxidation sites excluding steroid dienone is 5. The van der Waals surface area contributed by atoms with Crippen LogP contribution in [0.25, 0.3) is 0 Å². The Balaban J connectivity index is 3.34. The van der Waals surface area contributed by atoms with Crippen LogP contribution in [0, 0.1) is 5.92 Å². The van der Waals surface area contributed by atoms with Gasteiger partial charge in [-0.05, 0) is 64.2 Å². The van der Waals surface area contributed by atoms with Gasteiger partial charge in [0.05, 0.1) is 19.3 Å². The maximum Gasteiger partial charge on any atom is 0.305 e. The average molecular weight is 1050 g/mol. The third-order valence-electron chi connectivity index (χ3n) is 15.7. The molecule has 6 heteroatoms. The second-order valence-electron chi connectivity index (χ2n) is 23.2. The fraction of sp³-hybridized carbons (Fsp3) is 0.884. The molecular formula is C69H131NO5. The summed E-state index contributed by atoms with van der Waals surface area (Å²) in [4.78, 5) is 24.4. The minimum absolute atomic E-state index is 0.00556. The van der Waals surface area contributed by atoms with Crippen LogP contribution in [0.15, 0.2) is 36.5 Å². The maximum absolute atomic E-state index is 12.4. The summed E-state index contributed by atoms with van der Waals surface area (Å²) < 4.78 is 5.49. The van der Waals surface area contributed by atoms with Crippen LogP contribution in [-0.2, 0) is 14.3 Å². The molecule has 0 saturated carbocycles. The van der Waals surface area contributed by atoms with E-state index < -0.39 is 6.10 Å². The summed E-state index contributed by atoms with van der Waals surface area (Å²) in [5.41, 5.74) is 0. The highest BCUT2D eigenvalue weighted by Crippen LogP contribution is 2.18. The highest BCUT2D eigenvalue weighted by Gasteiger charge is 2.17. The van der Waals surface area contributed by atoms with Gasteiger partial charge < -0.3 is 20.3 Å². The Morgan fingerprint density at radius 3 is 1.08 bits per heavy atom. The van der Waals surface area contributed by atoms with Crippen LogP contribution in [0.4, 0.5) is 0 Å². The van der Waals surface area contributed by atoms with Gasteiger partial charge in [-0.3, -0.25) is 9.59 Å². The minimum Gasteiger partial charge on any atom is -0.466 e. The molecule has 0 aromatic rings. The molecule has 0 aliphatic carbocycles. The SMILES string of the molecule is CCCCC/C=C/C/C=C/CCCCCCCC(=O)OCCCCCCCCCCCCCCCCCCCCCCCCCCCCCCCC(=O)NCC(CO)C(O)/C=C/CCCCCCCCCCCCC. The Labute approximate surface area is 468 Å². The Morgan fingerprint density at radius 1 is 0.387 bits per heavy atom. The molecule has 0 saturated heterocycles. The standard InChI is InChI=1S/C69H131NO5/c1-3-5-7-9-11-13-15-17-33-38-42-46-50-54-58-62-69(74)75-63-59-55-51-47-43-39-35-32-30-28-26-24-22-20-18-19-21-23-25-27-29-31-34-37-41-45-49-53-57-61-68(73)70-64-66(65-71)67(72)60-56-52-48-44-40-36-16-14-12-10-8-6-4-2/h11,13,17,33,56,60,66-67,71-72H,3-10,12,14-16,18-32,34-55,57-59,61-65H2,1-2H3,(H,70,73)/b13-11+,33-17+,60-56+. The van der Waals surface area contributed by atoms with Crippen LogP contribution in [0.3, 0.4) is 0 Å². The molecule has 1 amide bonds. The quantitative estimate of drug-likeness (QED) is 0.0320. The summed E-state index contributed by atoms with van der Waals surface area (Å²) >= 11 is 0. The molecule has 0 radical (unpaired) electrons. The lowest BCUT2D eigenvalue weighted by Crippen LogP contribution is -2.36. The van der Waals surface area contributed by atoms with Crippen molar-refractivity contribution >= 4 is 11.9 Å². The van der Waals surface area contributed by atoms with Crippen molar-refractivity contribution in [3.05, 3.63) is 36.5 Å². The summed E-state index contributed by atoms with van der Waals surface area (Å²) in [6.07, 6.45) is 81.3. The molecule has 2 atom stereocenters. The van der Waals surface area contributed by atoms with Crippen LogP contribution in [0.2, 0.25) is 0 Å². The molecular weight excluding hydrogens is 923 g/mol. The molecule has 442 valence electrons. The number of unbranched alkanes of at least 4 members (excludes halogenated alkanes) is 47. The Hall–Kier alpha value is -1.92. The zero-order valence-electron chi connectivity index (χ0n) is 50.5. The van der Waals surface area contributed by atoms with Crippen LogP contribution in [0.5, 0.6) is 0 Å². The van der Waals surface area contributed by atoms with E-state index in [0.717, 1.165) is 51.4 Å². The zero-order valence-corrected chi connectivity index (χ0v) is 50.5. The van der Waals surface area contributed by atoms with Gasteiger partial charge in [-0.25, -0.2) is 0 Å². The normalized spacial score (nSPS) is 12.7. The van der Waals surface area contributed by atoms with E-state index in [2.05, 4.69) is 43.5 Å². The van der Waals surface area contributed by atoms with Crippen molar-refractivity contribution in [1.82, 2.24) is 5.32 Å². The van der Waals surface area contributed by atoms with E-state index in [-0.39, 0.29) is 24.4 Å². The summed E-state index contributed by atoms with van der Waals surface area (Å²) in [5.74, 6) is -0.307. The summed E-state index contributed by atoms with van der Waals surface area (Å²) in [5, 5.41) is 23.3. The Kier molecular flexibility index (Phi) is 63.0. The predicted octanol–water partition coefficient (Wildman–Crippen LogP) is 21.4. The number of aliphatic hydroxyl groups excluding tert-OH is 2. The topological polar surface area (TPSA) is 95.9 Å². The van der Waals surface area contributed by atoms with Crippen molar-refractivity contribution in [3.8, 4) is 0 Å². The molecule has 0 heterocycles. The highest BCUT2D eigenvalue weighted by atomic mass is 16.5. The first-order valence-corrected chi connectivity index (χ1v) is 33.7. The molecule has 0 aromatic heterocycles. The lowest BCUT2D eigenvalue weighted by Gasteiger charge is -2.18. The first kappa shape index (κ1) is 73.1. The van der Waals surface area contributed by atoms with Gasteiger partial charge in [-0.15, -0.1) is 0 Å². The molecule has 0 aliphatic heterocycles. The number of hydrogen-bond acceptors (Lipinski definition) is 5. The number of esters is 1. The number of ether oxygens (including phenoxy) is 1. The monoisotopic (exact) mass is 1050 g/mol. The first-order chi connectivity index (χ1) is 37.0. The summed E-state index contributed by atoms with van der Waals surface area (Å²) in [6.45, 7) is 5.34. The second-order valence-corrected chi connectivity index (χ2v) is 23.2. The molecule has 75 heavy (non-hydrogen) atoms. The van der Waals surface area contributed by atoms with E-state index in [4.69, 9.17) is 4.74 Å². The van der Waals surface area contributed by atoms with Gasteiger partial charge in [0, 0.05) is 25.3 Å². The van der Waals surface area contributed by atoms with E-state index in [9.17, 15) is 19.8 Å². The fourth-order valence-electron chi connectivity index (χ4n) is 10.4. The number of rotatable bonds is 63. The Morgan fingerprint density at radius 2 is 0.693 bits per heavy atom. The average Bonchev–Trinajstić information content (AvgIpc) is 3.41. The lowest BCUT2D eigenvalue weighted by atomic mass is 10.0. The molecule has 0 fully saturated rings. The van der Waals surface area contributed by atoms with Gasteiger partial charge in [0.25, 0.3) is 0 Å². The maximum atomic E-state index is 12.4. The first-order valence-electron chi connectivity index (χ1n) is 33.7. The number of carbonyl (C=O) groups is 2. The minimum atomic E-state index is -0.719. The van der Waals surface area contributed by atoms with Crippen LogP contribution in [-0.4, -0.2) is 48.0 Å². The van der Waals surface area contributed by atoms with Gasteiger partial charge in [0.1, 0.15) is 0 Å². The van der Waals surface area contributed by atoms with Gasteiger partial charge >= 0.3 is 5.97 Å². The molecule has 0 aromatic carbocycles. The number of amides is 1. The van der Waals surface area contributed by atoms with Gasteiger partial charge in [0.15, 0.2) is 0 Å². The van der Waals surface area contributed by atoms with Crippen molar-refractivity contribution in [2.45, 2.75) is 367 Å². The van der Waals surface area contributed by atoms with E-state index in [1.54, 1.807) is 0 Å². The molecule has 0 rings (SSSR count). The van der Waals surface area contributed by atoms with Crippen molar-refractivity contribution in [2.24, 2.45) is 5.92 Å². The second kappa shape index (κ2) is 64.6. The fourth-order valence-corrected chi connectivity index (χ4v) is 10.4. The van der Waals surface area contributed by atoms with Crippen LogP contribution in [0.1, 0.15) is 361 Å². The molecule has 0 spiro atoms. The zero-order chi connectivity index (χ0) is 54.3. The van der Waals surface area contributed by atoms with Gasteiger partial charge in [0.2, 0.25) is 5.91 Å². The van der Waals surface area contributed by atoms with Gasteiger partial charge in [-0.2, -0.15) is 0 Å².